The maximum atomic E-state index is 11.5. The van der Waals surface area contributed by atoms with E-state index in [1.807, 2.05) is 43.1 Å². The molecular formula is C15H17NO2. The molecule has 94 valence electrons. The molecule has 0 fully saturated rings. The van der Waals surface area contributed by atoms with Crippen molar-refractivity contribution in [1.29, 1.82) is 0 Å². The van der Waals surface area contributed by atoms with Gasteiger partial charge >= 0.3 is 5.97 Å². The molecule has 1 aliphatic heterocycles. The average molecular weight is 243 g/mol. The van der Waals surface area contributed by atoms with Gasteiger partial charge in [-0.2, -0.15) is 0 Å². The van der Waals surface area contributed by atoms with Crippen LogP contribution in [-0.2, 0) is 9.53 Å². The summed E-state index contributed by atoms with van der Waals surface area (Å²) in [6.07, 6.45) is 3.53. The molecule has 0 bridgehead atoms. The zero-order chi connectivity index (χ0) is 13.1. The largest absolute Gasteiger partial charge is 0.463 e. The van der Waals surface area contributed by atoms with E-state index < -0.39 is 0 Å². The van der Waals surface area contributed by atoms with Crippen LogP contribution in [0.15, 0.2) is 42.1 Å². The molecule has 1 aromatic rings. The molecule has 3 heteroatoms. The van der Waals surface area contributed by atoms with Crippen molar-refractivity contribution in [3.8, 4) is 0 Å². The lowest BCUT2D eigenvalue weighted by Crippen LogP contribution is -2.21. The smallest absolute Gasteiger partial charge is 0.332 e. The minimum atomic E-state index is -0.303. The first-order valence-corrected chi connectivity index (χ1v) is 6.03. The first-order chi connectivity index (χ1) is 8.63. The summed E-state index contributed by atoms with van der Waals surface area (Å²) >= 11 is 0. The van der Waals surface area contributed by atoms with Crippen LogP contribution in [0.5, 0.6) is 0 Å². The van der Waals surface area contributed by atoms with E-state index in [1.54, 1.807) is 6.92 Å². The SMILES string of the molecule is CCOC(=O)/C=C1\C=C(C)c2ccccc2N1C. The fourth-order valence-electron chi connectivity index (χ4n) is 2.08. The average Bonchev–Trinajstić information content (AvgIpc) is 2.36. The predicted molar refractivity (Wildman–Crippen MR) is 73.2 cm³/mol. The third-order valence-corrected chi connectivity index (χ3v) is 2.99. The van der Waals surface area contributed by atoms with Crippen LogP contribution in [0.3, 0.4) is 0 Å². The topological polar surface area (TPSA) is 29.5 Å². The van der Waals surface area contributed by atoms with Gasteiger partial charge in [-0.25, -0.2) is 4.79 Å². The fourth-order valence-corrected chi connectivity index (χ4v) is 2.08. The normalized spacial score (nSPS) is 16.3. The highest BCUT2D eigenvalue weighted by molar-refractivity contribution is 5.89. The van der Waals surface area contributed by atoms with Crippen molar-refractivity contribution in [3.05, 3.63) is 47.7 Å². The molecule has 0 atom stereocenters. The Hall–Kier alpha value is -2.03. The van der Waals surface area contributed by atoms with Crippen LogP contribution in [0.4, 0.5) is 5.69 Å². The van der Waals surface area contributed by atoms with Crippen LogP contribution in [-0.4, -0.2) is 19.6 Å². The number of carbonyl (C=O) groups is 1. The van der Waals surface area contributed by atoms with E-state index in [-0.39, 0.29) is 5.97 Å². The number of ether oxygens (including phenoxy) is 1. The highest BCUT2D eigenvalue weighted by Crippen LogP contribution is 2.34. The van der Waals surface area contributed by atoms with Gasteiger partial charge in [0.15, 0.2) is 0 Å². The van der Waals surface area contributed by atoms with Gasteiger partial charge in [-0.3, -0.25) is 0 Å². The van der Waals surface area contributed by atoms with Crippen molar-refractivity contribution in [2.24, 2.45) is 0 Å². The van der Waals surface area contributed by atoms with Crippen LogP contribution in [0, 0.1) is 0 Å². The summed E-state index contributed by atoms with van der Waals surface area (Å²) in [6.45, 7) is 4.24. The molecule has 0 saturated heterocycles. The summed E-state index contributed by atoms with van der Waals surface area (Å²) in [5, 5.41) is 0. The minimum Gasteiger partial charge on any atom is -0.463 e. The van der Waals surface area contributed by atoms with Gasteiger partial charge in [0.25, 0.3) is 0 Å². The number of likely N-dealkylation sites (N-methyl/N-ethyl adjacent to an activating group) is 1. The number of esters is 1. The van der Waals surface area contributed by atoms with Crippen LogP contribution in [0.2, 0.25) is 0 Å². The van der Waals surface area contributed by atoms with Crippen molar-refractivity contribution >= 4 is 17.2 Å². The fraction of sp³-hybridized carbons (Fsp3) is 0.267. The quantitative estimate of drug-likeness (QED) is 0.590. The number of nitrogens with zero attached hydrogens (tertiary/aromatic N) is 1. The number of benzene rings is 1. The van der Waals surface area contributed by atoms with Crippen molar-refractivity contribution < 1.29 is 9.53 Å². The number of carbonyl (C=O) groups excluding carboxylic acids is 1. The molecule has 0 amide bonds. The van der Waals surface area contributed by atoms with E-state index in [1.165, 1.54) is 11.6 Å². The number of hydrogen-bond donors (Lipinski definition) is 0. The summed E-state index contributed by atoms with van der Waals surface area (Å²) in [6, 6.07) is 8.14. The summed E-state index contributed by atoms with van der Waals surface area (Å²) in [5.41, 5.74) is 4.30. The summed E-state index contributed by atoms with van der Waals surface area (Å²) in [5.74, 6) is -0.303. The molecule has 0 saturated carbocycles. The number of rotatable bonds is 2. The molecule has 0 radical (unpaired) electrons. The van der Waals surface area contributed by atoms with E-state index in [9.17, 15) is 4.79 Å². The second-order valence-electron chi connectivity index (χ2n) is 4.22. The number of anilines is 1. The predicted octanol–water partition coefficient (Wildman–Crippen LogP) is 2.99. The Kier molecular flexibility index (Phi) is 3.51. The van der Waals surface area contributed by atoms with Gasteiger partial charge in [0.05, 0.1) is 6.61 Å². The zero-order valence-corrected chi connectivity index (χ0v) is 10.9. The van der Waals surface area contributed by atoms with Crippen molar-refractivity contribution in [2.75, 3.05) is 18.6 Å². The molecule has 0 aromatic heterocycles. The molecule has 0 aliphatic carbocycles. The molecule has 1 heterocycles. The van der Waals surface area contributed by atoms with Gasteiger partial charge < -0.3 is 9.64 Å². The Morgan fingerprint density at radius 3 is 2.83 bits per heavy atom. The Bertz CT molecular complexity index is 529. The Balaban J connectivity index is 2.39. The van der Waals surface area contributed by atoms with E-state index in [2.05, 4.69) is 6.07 Å². The van der Waals surface area contributed by atoms with Gasteiger partial charge in [0.2, 0.25) is 0 Å². The molecule has 18 heavy (non-hydrogen) atoms. The highest BCUT2D eigenvalue weighted by Gasteiger charge is 2.17. The lowest BCUT2D eigenvalue weighted by molar-refractivity contribution is -0.137. The third-order valence-electron chi connectivity index (χ3n) is 2.99. The Morgan fingerprint density at radius 1 is 1.39 bits per heavy atom. The lowest BCUT2D eigenvalue weighted by atomic mass is 9.99. The van der Waals surface area contributed by atoms with Gasteiger partial charge in [-0.15, -0.1) is 0 Å². The van der Waals surface area contributed by atoms with E-state index in [4.69, 9.17) is 4.74 Å². The molecule has 0 spiro atoms. The standard InChI is InChI=1S/C15H17NO2/c1-4-18-15(17)10-12-9-11(2)13-7-5-6-8-14(13)16(12)3/h5-10H,4H2,1-3H3/b12-10+. The Labute approximate surface area is 107 Å². The monoisotopic (exact) mass is 243 g/mol. The number of fused-ring (bicyclic) bond motifs is 1. The lowest BCUT2D eigenvalue weighted by Gasteiger charge is -2.28. The molecule has 1 aromatic carbocycles. The molecule has 0 unspecified atom stereocenters. The second-order valence-corrected chi connectivity index (χ2v) is 4.22. The van der Waals surface area contributed by atoms with Crippen molar-refractivity contribution in [1.82, 2.24) is 0 Å². The maximum absolute atomic E-state index is 11.5. The Morgan fingerprint density at radius 2 is 2.11 bits per heavy atom. The van der Waals surface area contributed by atoms with Crippen LogP contribution in [0.25, 0.3) is 5.57 Å². The summed E-state index contributed by atoms with van der Waals surface area (Å²) in [4.78, 5) is 13.5. The van der Waals surface area contributed by atoms with Crippen LogP contribution < -0.4 is 4.90 Å². The van der Waals surface area contributed by atoms with Crippen LogP contribution >= 0.6 is 0 Å². The number of para-hydroxylation sites is 1. The number of allylic oxidation sites excluding steroid dienone is 2. The van der Waals surface area contributed by atoms with Gasteiger partial charge in [-0.1, -0.05) is 18.2 Å². The van der Waals surface area contributed by atoms with E-state index in [0.29, 0.717) is 6.61 Å². The summed E-state index contributed by atoms with van der Waals surface area (Å²) < 4.78 is 4.94. The molecule has 0 N–H and O–H groups in total. The van der Waals surface area contributed by atoms with Crippen LogP contribution in [0.1, 0.15) is 19.4 Å². The van der Waals surface area contributed by atoms with Crippen molar-refractivity contribution in [2.45, 2.75) is 13.8 Å². The van der Waals surface area contributed by atoms with Gasteiger partial charge in [0, 0.05) is 30.1 Å². The third kappa shape index (κ3) is 2.30. The van der Waals surface area contributed by atoms with E-state index >= 15 is 0 Å². The minimum absolute atomic E-state index is 0.303. The first-order valence-electron chi connectivity index (χ1n) is 6.03. The van der Waals surface area contributed by atoms with E-state index in [0.717, 1.165) is 17.0 Å². The maximum Gasteiger partial charge on any atom is 0.332 e. The second kappa shape index (κ2) is 5.08. The molecule has 3 nitrogen and oxygen atoms in total. The molecule has 2 rings (SSSR count). The molecule has 1 aliphatic rings. The highest BCUT2D eigenvalue weighted by atomic mass is 16.5. The van der Waals surface area contributed by atoms with Gasteiger partial charge in [-0.05, 0) is 31.6 Å². The number of hydrogen-bond acceptors (Lipinski definition) is 3. The van der Waals surface area contributed by atoms with Gasteiger partial charge in [0.1, 0.15) is 0 Å². The summed E-state index contributed by atoms with van der Waals surface area (Å²) in [7, 11) is 1.95. The molecular weight excluding hydrogens is 226 g/mol. The van der Waals surface area contributed by atoms with Crippen molar-refractivity contribution in [3.63, 3.8) is 0 Å². The first kappa shape index (κ1) is 12.4. The zero-order valence-electron chi connectivity index (χ0n) is 10.9.